The number of primary amides is 1. The van der Waals surface area contributed by atoms with Crippen molar-refractivity contribution < 1.29 is 9.18 Å². The summed E-state index contributed by atoms with van der Waals surface area (Å²) in [5.74, 6) is -0.855. The van der Waals surface area contributed by atoms with Crippen molar-refractivity contribution in [3.63, 3.8) is 0 Å². The van der Waals surface area contributed by atoms with E-state index in [1.54, 1.807) is 0 Å². The monoisotopic (exact) mass is 294 g/mol. The summed E-state index contributed by atoms with van der Waals surface area (Å²) < 4.78 is 13.7. The van der Waals surface area contributed by atoms with Gasteiger partial charge in [0, 0.05) is 49.9 Å². The summed E-state index contributed by atoms with van der Waals surface area (Å²) >= 11 is 0. The molecule has 1 aliphatic rings. The Balaban J connectivity index is 1.91. The van der Waals surface area contributed by atoms with E-state index < -0.39 is 5.91 Å². The number of nitrogens with zero attached hydrogens (tertiary/aromatic N) is 2. The fourth-order valence-corrected chi connectivity index (χ4v) is 2.56. The van der Waals surface area contributed by atoms with Gasteiger partial charge in [-0.1, -0.05) is 0 Å². The molecule has 0 bridgehead atoms. The SMILES string of the molecule is CN1CCN(C)C(CNCc2cc(C(N)=O)ccc2F)C1. The second kappa shape index (κ2) is 6.98. The first-order valence-electron chi connectivity index (χ1n) is 7.15. The fraction of sp³-hybridized carbons (Fsp3) is 0.533. The zero-order chi connectivity index (χ0) is 15.4. The van der Waals surface area contributed by atoms with Gasteiger partial charge in [0.05, 0.1) is 0 Å². The Hall–Kier alpha value is -1.50. The van der Waals surface area contributed by atoms with Gasteiger partial charge in [-0.3, -0.25) is 9.69 Å². The molecule has 1 aromatic rings. The minimum absolute atomic E-state index is 0.318. The van der Waals surface area contributed by atoms with Gasteiger partial charge >= 0.3 is 0 Å². The van der Waals surface area contributed by atoms with Gasteiger partial charge in [-0.15, -0.1) is 0 Å². The van der Waals surface area contributed by atoms with Crippen LogP contribution in [0.2, 0.25) is 0 Å². The van der Waals surface area contributed by atoms with Gasteiger partial charge in [0.25, 0.3) is 0 Å². The van der Waals surface area contributed by atoms with Gasteiger partial charge in [0.15, 0.2) is 0 Å². The number of benzene rings is 1. The number of nitrogens with one attached hydrogen (secondary N) is 1. The van der Waals surface area contributed by atoms with Crippen LogP contribution in [0.3, 0.4) is 0 Å². The van der Waals surface area contributed by atoms with Crippen molar-refractivity contribution >= 4 is 5.91 Å². The van der Waals surface area contributed by atoms with Crippen LogP contribution in [0.25, 0.3) is 0 Å². The number of likely N-dealkylation sites (N-methyl/N-ethyl adjacent to an activating group) is 2. The molecule has 1 aliphatic heterocycles. The van der Waals surface area contributed by atoms with Crippen LogP contribution in [0, 0.1) is 5.82 Å². The highest BCUT2D eigenvalue weighted by molar-refractivity contribution is 5.92. The van der Waals surface area contributed by atoms with Crippen molar-refractivity contribution in [1.82, 2.24) is 15.1 Å². The van der Waals surface area contributed by atoms with Crippen LogP contribution < -0.4 is 11.1 Å². The predicted octanol–water partition coefficient (Wildman–Crippen LogP) is 0.260. The Morgan fingerprint density at radius 1 is 1.43 bits per heavy atom. The van der Waals surface area contributed by atoms with Crippen LogP contribution in [-0.2, 0) is 6.54 Å². The lowest BCUT2D eigenvalue weighted by molar-refractivity contribution is 0.1000. The predicted molar refractivity (Wildman–Crippen MR) is 80.5 cm³/mol. The van der Waals surface area contributed by atoms with Crippen LogP contribution in [0.5, 0.6) is 0 Å². The molecule has 2 rings (SSSR count). The average molecular weight is 294 g/mol. The van der Waals surface area contributed by atoms with Crippen molar-refractivity contribution in [3.8, 4) is 0 Å². The van der Waals surface area contributed by atoms with E-state index in [-0.39, 0.29) is 5.82 Å². The van der Waals surface area contributed by atoms with E-state index in [1.165, 1.54) is 18.2 Å². The molecule has 0 saturated carbocycles. The molecule has 1 amide bonds. The summed E-state index contributed by atoms with van der Waals surface area (Å²) in [5.41, 5.74) is 6.02. The highest BCUT2D eigenvalue weighted by atomic mass is 19.1. The maximum atomic E-state index is 13.7. The van der Waals surface area contributed by atoms with Crippen molar-refractivity contribution in [2.24, 2.45) is 5.73 Å². The summed E-state index contributed by atoms with van der Waals surface area (Å²) in [7, 11) is 4.21. The normalized spacial score (nSPS) is 20.6. The van der Waals surface area contributed by atoms with Crippen LogP contribution >= 0.6 is 0 Å². The van der Waals surface area contributed by atoms with Crippen LogP contribution in [-0.4, -0.2) is 62.0 Å². The second-order valence-electron chi connectivity index (χ2n) is 5.70. The minimum atomic E-state index is -0.537. The Labute approximate surface area is 124 Å². The van der Waals surface area contributed by atoms with Gasteiger partial charge in [0.1, 0.15) is 5.82 Å². The lowest BCUT2D eigenvalue weighted by Gasteiger charge is -2.37. The van der Waals surface area contributed by atoms with Crippen molar-refractivity contribution in [1.29, 1.82) is 0 Å². The standard InChI is InChI=1S/C15H23FN4O/c1-19-5-6-20(2)13(10-19)9-18-8-12-7-11(15(17)21)3-4-14(12)16/h3-4,7,13,18H,5-6,8-10H2,1-2H3,(H2,17,21). The molecule has 5 nitrogen and oxygen atoms in total. The Kier molecular flexibility index (Phi) is 5.27. The molecule has 0 aliphatic carbocycles. The number of hydrogen-bond donors (Lipinski definition) is 2. The molecule has 1 fully saturated rings. The van der Waals surface area contributed by atoms with Crippen molar-refractivity contribution in [3.05, 3.63) is 35.1 Å². The summed E-state index contributed by atoms with van der Waals surface area (Å²) in [6.07, 6.45) is 0. The lowest BCUT2D eigenvalue weighted by atomic mass is 10.1. The Morgan fingerprint density at radius 3 is 2.90 bits per heavy atom. The second-order valence-corrected chi connectivity index (χ2v) is 5.70. The van der Waals surface area contributed by atoms with Gasteiger partial charge in [0.2, 0.25) is 5.91 Å². The third kappa shape index (κ3) is 4.23. The van der Waals surface area contributed by atoms with E-state index in [2.05, 4.69) is 29.2 Å². The quantitative estimate of drug-likeness (QED) is 0.818. The maximum absolute atomic E-state index is 13.7. The smallest absolute Gasteiger partial charge is 0.248 e. The third-order valence-electron chi connectivity index (χ3n) is 4.01. The molecule has 0 spiro atoms. The number of carbonyl (C=O) groups excluding carboxylic acids is 1. The van der Waals surface area contributed by atoms with Crippen LogP contribution in [0.1, 0.15) is 15.9 Å². The molecule has 3 N–H and O–H groups in total. The van der Waals surface area contributed by atoms with E-state index in [0.29, 0.717) is 23.7 Å². The first-order chi connectivity index (χ1) is 9.97. The first-order valence-corrected chi connectivity index (χ1v) is 7.15. The van der Waals surface area contributed by atoms with Crippen molar-refractivity contribution in [2.75, 3.05) is 40.3 Å². The number of nitrogens with two attached hydrogens (primary N) is 1. The summed E-state index contributed by atoms with van der Waals surface area (Å²) in [5, 5.41) is 3.27. The highest BCUT2D eigenvalue weighted by Gasteiger charge is 2.21. The number of amides is 1. The summed E-state index contributed by atoms with van der Waals surface area (Å²) in [4.78, 5) is 15.7. The lowest BCUT2D eigenvalue weighted by Crippen LogP contribution is -2.53. The molecule has 0 aromatic heterocycles. The van der Waals surface area contributed by atoms with Gasteiger partial charge in [-0.25, -0.2) is 4.39 Å². The van der Waals surface area contributed by atoms with E-state index >= 15 is 0 Å². The first kappa shape index (κ1) is 15.9. The van der Waals surface area contributed by atoms with Crippen molar-refractivity contribution in [2.45, 2.75) is 12.6 Å². The maximum Gasteiger partial charge on any atom is 0.248 e. The topological polar surface area (TPSA) is 61.6 Å². The van der Waals surface area contributed by atoms with Gasteiger partial charge in [-0.05, 0) is 32.3 Å². The number of piperazine rings is 1. The average Bonchev–Trinajstić information content (AvgIpc) is 2.44. The van der Waals surface area contributed by atoms with Gasteiger partial charge < -0.3 is 16.0 Å². The Morgan fingerprint density at radius 2 is 2.19 bits per heavy atom. The molecule has 6 heteroatoms. The fourth-order valence-electron chi connectivity index (χ4n) is 2.56. The Bertz CT molecular complexity index is 508. The van der Waals surface area contributed by atoms with Crippen LogP contribution in [0.15, 0.2) is 18.2 Å². The molecule has 1 saturated heterocycles. The van der Waals surface area contributed by atoms with Crippen LogP contribution in [0.4, 0.5) is 4.39 Å². The van der Waals surface area contributed by atoms with E-state index in [9.17, 15) is 9.18 Å². The number of carbonyl (C=O) groups is 1. The molecule has 1 heterocycles. The van der Waals surface area contributed by atoms with E-state index in [1.807, 2.05) is 0 Å². The van der Waals surface area contributed by atoms with E-state index in [4.69, 9.17) is 5.73 Å². The molecule has 1 aromatic carbocycles. The largest absolute Gasteiger partial charge is 0.366 e. The molecule has 116 valence electrons. The molecular formula is C15H23FN4O. The number of halogens is 1. The molecule has 1 unspecified atom stereocenters. The highest BCUT2D eigenvalue weighted by Crippen LogP contribution is 2.11. The minimum Gasteiger partial charge on any atom is -0.366 e. The molecule has 1 atom stereocenters. The molecule has 0 radical (unpaired) electrons. The zero-order valence-electron chi connectivity index (χ0n) is 12.6. The van der Waals surface area contributed by atoms with Gasteiger partial charge in [-0.2, -0.15) is 0 Å². The zero-order valence-corrected chi connectivity index (χ0v) is 12.6. The summed E-state index contributed by atoms with van der Waals surface area (Å²) in [6.45, 7) is 4.27. The third-order valence-corrected chi connectivity index (χ3v) is 4.01. The number of hydrogen-bond acceptors (Lipinski definition) is 4. The molecule has 21 heavy (non-hydrogen) atoms. The summed E-state index contributed by atoms with van der Waals surface area (Å²) in [6, 6.07) is 4.62. The van der Waals surface area contributed by atoms with E-state index in [0.717, 1.165) is 26.2 Å². The number of rotatable bonds is 5. The molecular weight excluding hydrogens is 271 g/mol.